The second-order valence-electron chi connectivity index (χ2n) is 10.0. The Hall–Kier alpha value is -2.31. The summed E-state index contributed by atoms with van der Waals surface area (Å²) in [5.41, 5.74) is 3.14. The number of aliphatic hydroxyl groups is 2. The van der Waals surface area contributed by atoms with Crippen LogP contribution in [0.15, 0.2) is 36.4 Å². The fourth-order valence-electron chi connectivity index (χ4n) is 5.07. The number of benzene rings is 2. The highest BCUT2D eigenvalue weighted by atomic mass is 19.4. The van der Waals surface area contributed by atoms with Crippen LogP contribution in [0.4, 0.5) is 13.2 Å². The third kappa shape index (κ3) is 4.56. The highest BCUT2D eigenvalue weighted by Gasteiger charge is 2.38. The molecule has 0 spiro atoms. The maximum absolute atomic E-state index is 13.1. The smallest absolute Gasteiger partial charge is 0.416 e. The molecule has 3 nitrogen and oxygen atoms in total. The summed E-state index contributed by atoms with van der Waals surface area (Å²) in [6.45, 7) is 7.91. The van der Waals surface area contributed by atoms with E-state index in [-0.39, 0.29) is 5.92 Å². The van der Waals surface area contributed by atoms with E-state index in [0.717, 1.165) is 48.1 Å². The van der Waals surface area contributed by atoms with Gasteiger partial charge in [-0.15, -0.1) is 0 Å². The lowest BCUT2D eigenvalue weighted by Gasteiger charge is -2.39. The number of fused-ring (bicyclic) bond motifs is 1. The van der Waals surface area contributed by atoms with Gasteiger partial charge >= 0.3 is 6.18 Å². The molecule has 0 unspecified atom stereocenters. The predicted octanol–water partition coefficient (Wildman–Crippen LogP) is 7.07. The molecule has 2 aromatic rings. The molecule has 2 atom stereocenters. The number of hydrogen-bond donors (Lipinski definition) is 2. The van der Waals surface area contributed by atoms with Crippen molar-refractivity contribution in [3.8, 4) is 5.75 Å². The van der Waals surface area contributed by atoms with Crippen molar-refractivity contribution in [3.63, 3.8) is 0 Å². The first-order valence-corrected chi connectivity index (χ1v) is 11.5. The lowest BCUT2D eigenvalue weighted by Crippen LogP contribution is -2.35. The summed E-state index contributed by atoms with van der Waals surface area (Å²) >= 11 is 0. The van der Waals surface area contributed by atoms with Crippen molar-refractivity contribution in [1.82, 2.24) is 0 Å². The van der Waals surface area contributed by atoms with E-state index >= 15 is 0 Å². The summed E-state index contributed by atoms with van der Waals surface area (Å²) in [5.74, 6) is 0.648. The Morgan fingerprint density at radius 1 is 1.12 bits per heavy atom. The number of ether oxygens (including phenoxy) is 1. The Morgan fingerprint density at radius 3 is 2.33 bits per heavy atom. The molecule has 0 radical (unpaired) electrons. The molecule has 0 aromatic heterocycles. The van der Waals surface area contributed by atoms with Crippen LogP contribution in [0.3, 0.4) is 0 Å². The first-order chi connectivity index (χ1) is 15.4. The fourth-order valence-corrected chi connectivity index (χ4v) is 5.07. The van der Waals surface area contributed by atoms with Gasteiger partial charge in [-0.25, -0.2) is 0 Å². The Labute approximate surface area is 192 Å². The second kappa shape index (κ2) is 8.48. The molecule has 2 aliphatic rings. The largest absolute Gasteiger partial charge is 0.487 e. The van der Waals surface area contributed by atoms with Crippen molar-refractivity contribution in [1.29, 1.82) is 0 Å². The molecular formula is C27H31F3O3. The van der Waals surface area contributed by atoms with E-state index in [1.54, 1.807) is 0 Å². The van der Waals surface area contributed by atoms with Crippen molar-refractivity contribution in [2.24, 2.45) is 0 Å². The normalized spacial score (nSPS) is 20.9. The third-order valence-electron chi connectivity index (χ3n) is 6.62. The van der Waals surface area contributed by atoms with Crippen molar-refractivity contribution in [3.05, 3.63) is 69.8 Å². The zero-order valence-corrected chi connectivity index (χ0v) is 19.5. The van der Waals surface area contributed by atoms with Gasteiger partial charge in [-0.2, -0.15) is 13.2 Å². The molecule has 0 amide bonds. The topological polar surface area (TPSA) is 49.7 Å². The number of hydrogen-bond acceptors (Lipinski definition) is 3. The van der Waals surface area contributed by atoms with E-state index in [1.807, 2.05) is 33.8 Å². The Bertz CT molecular complexity index is 1070. The predicted molar refractivity (Wildman–Crippen MR) is 122 cm³/mol. The lowest BCUT2D eigenvalue weighted by atomic mass is 9.78. The molecule has 0 saturated heterocycles. The minimum atomic E-state index is -4.44. The monoisotopic (exact) mass is 460 g/mol. The number of allylic oxidation sites excluding steroid dienone is 2. The maximum atomic E-state index is 13.1. The molecule has 178 valence electrons. The summed E-state index contributed by atoms with van der Waals surface area (Å²) in [4.78, 5) is 0. The number of halogens is 3. The molecule has 0 saturated carbocycles. The summed E-state index contributed by atoms with van der Waals surface area (Å²) in [6.07, 6.45) is -1.08. The first kappa shape index (κ1) is 23.8. The first-order valence-electron chi connectivity index (χ1n) is 11.5. The highest BCUT2D eigenvalue weighted by molar-refractivity contribution is 5.77. The molecule has 1 aliphatic heterocycles. The van der Waals surface area contributed by atoms with Crippen LogP contribution in [0, 0.1) is 0 Å². The fraction of sp³-hybridized carbons (Fsp3) is 0.481. The molecule has 1 aliphatic carbocycles. The quantitative estimate of drug-likeness (QED) is 0.513. The zero-order chi connectivity index (χ0) is 24.1. The Kier molecular flexibility index (Phi) is 6.12. The van der Waals surface area contributed by atoms with Crippen LogP contribution in [0.25, 0.3) is 5.57 Å². The number of aliphatic hydroxyl groups excluding tert-OH is 2. The number of alkyl halides is 3. The standard InChI is InChI=1S/C27H31F3O3/c1-15(2)19-13-21-24(20(31)14-26(3,4)33-21)22(16-7-5-6-8-16)23(19)25(32)17-9-11-18(12-10-17)27(28,29)30/h7,9-13,15,20,25,31-32H,5-6,8,14H2,1-4H3/t20-,25-/m0/s1. The van der Waals surface area contributed by atoms with Crippen LogP contribution in [-0.4, -0.2) is 15.8 Å². The van der Waals surface area contributed by atoms with Gasteiger partial charge < -0.3 is 14.9 Å². The van der Waals surface area contributed by atoms with Gasteiger partial charge in [0.05, 0.1) is 11.7 Å². The van der Waals surface area contributed by atoms with Gasteiger partial charge in [0.2, 0.25) is 0 Å². The molecule has 6 heteroatoms. The summed E-state index contributed by atoms with van der Waals surface area (Å²) in [6, 6.07) is 6.56. The number of rotatable bonds is 4. The molecule has 1 heterocycles. The Balaban J connectivity index is 1.94. The van der Waals surface area contributed by atoms with E-state index in [1.165, 1.54) is 12.1 Å². The molecule has 2 N–H and O–H groups in total. The average Bonchev–Trinajstić information content (AvgIpc) is 3.25. The summed E-state index contributed by atoms with van der Waals surface area (Å²) in [5, 5.41) is 22.7. The van der Waals surface area contributed by atoms with E-state index < -0.39 is 29.5 Å². The Morgan fingerprint density at radius 2 is 1.79 bits per heavy atom. The van der Waals surface area contributed by atoms with E-state index in [9.17, 15) is 23.4 Å². The molecule has 0 bridgehead atoms. The summed E-state index contributed by atoms with van der Waals surface area (Å²) in [7, 11) is 0. The van der Waals surface area contributed by atoms with Crippen molar-refractivity contribution < 1.29 is 28.1 Å². The van der Waals surface area contributed by atoms with Gasteiger partial charge in [-0.1, -0.05) is 32.1 Å². The van der Waals surface area contributed by atoms with Crippen molar-refractivity contribution >= 4 is 5.57 Å². The SMILES string of the molecule is CC(C)c1cc2c(c(C3=CCCC3)c1[C@@H](O)c1ccc(C(F)(F)F)cc1)[C@@H](O)CC(C)(C)O2. The minimum absolute atomic E-state index is 0.0286. The van der Waals surface area contributed by atoms with Gasteiger partial charge in [-0.05, 0) is 85.1 Å². The van der Waals surface area contributed by atoms with Crippen LogP contribution < -0.4 is 4.74 Å². The molecule has 2 aromatic carbocycles. The maximum Gasteiger partial charge on any atom is 0.416 e. The van der Waals surface area contributed by atoms with E-state index in [0.29, 0.717) is 28.9 Å². The molecule has 4 rings (SSSR count). The molecular weight excluding hydrogens is 429 g/mol. The van der Waals surface area contributed by atoms with E-state index in [2.05, 4.69) is 6.08 Å². The average molecular weight is 461 g/mol. The molecule has 0 fully saturated rings. The van der Waals surface area contributed by atoms with Gasteiger partial charge in [0.25, 0.3) is 0 Å². The van der Waals surface area contributed by atoms with Gasteiger partial charge in [-0.3, -0.25) is 0 Å². The van der Waals surface area contributed by atoms with Gasteiger partial charge in [0.1, 0.15) is 17.5 Å². The zero-order valence-electron chi connectivity index (χ0n) is 19.5. The van der Waals surface area contributed by atoms with Gasteiger partial charge in [0, 0.05) is 12.0 Å². The van der Waals surface area contributed by atoms with Crippen LogP contribution in [0.5, 0.6) is 5.75 Å². The summed E-state index contributed by atoms with van der Waals surface area (Å²) < 4.78 is 45.5. The third-order valence-corrected chi connectivity index (χ3v) is 6.62. The second-order valence-corrected chi connectivity index (χ2v) is 10.0. The molecule has 33 heavy (non-hydrogen) atoms. The van der Waals surface area contributed by atoms with Crippen LogP contribution in [0.1, 0.15) is 105 Å². The van der Waals surface area contributed by atoms with Crippen molar-refractivity contribution in [2.75, 3.05) is 0 Å². The van der Waals surface area contributed by atoms with Crippen LogP contribution in [0.2, 0.25) is 0 Å². The minimum Gasteiger partial charge on any atom is -0.487 e. The van der Waals surface area contributed by atoms with Gasteiger partial charge in [0.15, 0.2) is 0 Å². The van der Waals surface area contributed by atoms with Crippen LogP contribution >= 0.6 is 0 Å². The van der Waals surface area contributed by atoms with Crippen molar-refractivity contribution in [2.45, 2.75) is 83.3 Å². The van der Waals surface area contributed by atoms with Crippen LogP contribution in [-0.2, 0) is 6.18 Å². The lowest BCUT2D eigenvalue weighted by molar-refractivity contribution is -0.137. The highest BCUT2D eigenvalue weighted by Crippen LogP contribution is 2.50. The van der Waals surface area contributed by atoms with E-state index in [4.69, 9.17) is 4.74 Å².